The van der Waals surface area contributed by atoms with E-state index in [0.29, 0.717) is 6.54 Å². The van der Waals surface area contributed by atoms with E-state index >= 15 is 0 Å². The van der Waals surface area contributed by atoms with Crippen LogP contribution < -0.4 is 5.32 Å². The van der Waals surface area contributed by atoms with Crippen molar-refractivity contribution in [2.24, 2.45) is 0 Å². The maximum atomic E-state index is 11.7. The van der Waals surface area contributed by atoms with Crippen molar-refractivity contribution < 1.29 is 9.53 Å². The molecule has 0 aliphatic carbocycles. The highest BCUT2D eigenvalue weighted by molar-refractivity contribution is 5.67. The zero-order valence-electron chi connectivity index (χ0n) is 11.6. The lowest BCUT2D eigenvalue weighted by atomic mass is 10.2. The van der Waals surface area contributed by atoms with Gasteiger partial charge >= 0.3 is 6.09 Å². The van der Waals surface area contributed by atoms with Crippen LogP contribution in [-0.2, 0) is 11.3 Å². The van der Waals surface area contributed by atoms with Gasteiger partial charge in [-0.1, -0.05) is 0 Å². The Hall–Kier alpha value is -1.49. The van der Waals surface area contributed by atoms with Crippen LogP contribution in [-0.4, -0.2) is 41.7 Å². The van der Waals surface area contributed by atoms with E-state index in [2.05, 4.69) is 10.3 Å². The predicted molar refractivity (Wildman–Crippen MR) is 71.4 cm³/mol. The van der Waals surface area contributed by atoms with Crippen LogP contribution in [0.4, 0.5) is 4.79 Å². The van der Waals surface area contributed by atoms with Gasteiger partial charge in [0.1, 0.15) is 5.60 Å². The van der Waals surface area contributed by atoms with Gasteiger partial charge in [-0.25, -0.2) is 4.79 Å². The average molecular weight is 253 g/mol. The molecule has 5 heteroatoms. The normalized spacial score (nSPS) is 11.3. The van der Waals surface area contributed by atoms with Crippen LogP contribution in [0.15, 0.2) is 18.3 Å². The molecule has 0 unspecified atom stereocenters. The van der Waals surface area contributed by atoms with E-state index in [0.717, 1.165) is 18.8 Å². The first kappa shape index (κ1) is 14.6. The molecule has 0 aliphatic heterocycles. The van der Waals surface area contributed by atoms with Gasteiger partial charge in [-0.15, -0.1) is 0 Å². The first-order valence-corrected chi connectivity index (χ1v) is 6.15. The number of rotatable bonds is 5. The van der Waals surface area contributed by atoms with Crippen molar-refractivity contribution in [1.82, 2.24) is 15.2 Å². The summed E-state index contributed by atoms with van der Waals surface area (Å²) in [4.78, 5) is 16.3. The summed E-state index contributed by atoms with van der Waals surface area (Å²) in [5.74, 6) is 0. The number of H-pyrrole nitrogens is 1. The molecule has 2 N–H and O–H groups in total. The lowest BCUT2D eigenvalue weighted by molar-refractivity contribution is 0.0300. The number of hydrogen-bond donors (Lipinski definition) is 2. The van der Waals surface area contributed by atoms with Crippen molar-refractivity contribution in [2.75, 3.05) is 20.1 Å². The Balaban J connectivity index is 2.16. The first-order valence-electron chi connectivity index (χ1n) is 6.15. The monoisotopic (exact) mass is 253 g/mol. The smallest absolute Gasteiger partial charge is 0.410 e. The Bertz CT molecular complexity index is 355. The lowest BCUT2D eigenvalue weighted by Crippen LogP contribution is -2.37. The van der Waals surface area contributed by atoms with Gasteiger partial charge in [-0.3, -0.25) is 0 Å². The minimum atomic E-state index is -0.441. The topological polar surface area (TPSA) is 57.4 Å². The maximum Gasteiger partial charge on any atom is 0.410 e. The number of likely N-dealkylation sites (N-methyl/N-ethyl adjacent to an activating group) is 1. The van der Waals surface area contributed by atoms with Crippen LogP contribution in [0, 0.1) is 0 Å². The fourth-order valence-corrected chi connectivity index (χ4v) is 1.38. The van der Waals surface area contributed by atoms with Crippen molar-refractivity contribution in [3.8, 4) is 0 Å². The number of ether oxygens (including phenoxy) is 1. The van der Waals surface area contributed by atoms with E-state index < -0.39 is 5.60 Å². The minimum Gasteiger partial charge on any atom is -0.444 e. The number of carbonyl (C=O) groups excluding carboxylic acids is 1. The SMILES string of the molecule is CN(CCNCc1ccc[nH]1)C(=O)OC(C)(C)C. The third-order valence-corrected chi connectivity index (χ3v) is 2.31. The van der Waals surface area contributed by atoms with Gasteiger partial charge in [0.05, 0.1) is 0 Å². The molecule has 1 aromatic heterocycles. The van der Waals surface area contributed by atoms with E-state index in [9.17, 15) is 4.79 Å². The van der Waals surface area contributed by atoms with Crippen LogP contribution in [0.1, 0.15) is 26.5 Å². The van der Waals surface area contributed by atoms with Gasteiger partial charge in [0, 0.05) is 38.6 Å². The quantitative estimate of drug-likeness (QED) is 0.789. The maximum absolute atomic E-state index is 11.7. The molecular weight excluding hydrogens is 230 g/mol. The fraction of sp³-hybridized carbons (Fsp3) is 0.615. The summed E-state index contributed by atoms with van der Waals surface area (Å²) in [5, 5.41) is 3.26. The number of carbonyl (C=O) groups is 1. The van der Waals surface area contributed by atoms with Crippen molar-refractivity contribution in [3.63, 3.8) is 0 Å². The second kappa shape index (κ2) is 6.44. The molecule has 0 fully saturated rings. The van der Waals surface area contributed by atoms with Crippen molar-refractivity contribution in [1.29, 1.82) is 0 Å². The molecule has 0 bridgehead atoms. The first-order chi connectivity index (χ1) is 8.38. The largest absolute Gasteiger partial charge is 0.444 e. The lowest BCUT2D eigenvalue weighted by Gasteiger charge is -2.24. The molecule has 0 radical (unpaired) electrons. The molecule has 0 atom stereocenters. The molecule has 102 valence electrons. The van der Waals surface area contributed by atoms with E-state index in [-0.39, 0.29) is 6.09 Å². The second-order valence-electron chi connectivity index (χ2n) is 5.27. The van der Waals surface area contributed by atoms with E-state index in [4.69, 9.17) is 4.74 Å². The summed E-state index contributed by atoms with van der Waals surface area (Å²) < 4.78 is 5.26. The van der Waals surface area contributed by atoms with Crippen molar-refractivity contribution in [2.45, 2.75) is 32.9 Å². The summed E-state index contributed by atoms with van der Waals surface area (Å²) in [7, 11) is 1.74. The summed E-state index contributed by atoms with van der Waals surface area (Å²) in [6.07, 6.45) is 1.60. The average Bonchev–Trinajstić information content (AvgIpc) is 2.74. The third kappa shape index (κ3) is 5.72. The highest BCUT2D eigenvalue weighted by Crippen LogP contribution is 2.08. The molecule has 0 aromatic carbocycles. The fourth-order valence-electron chi connectivity index (χ4n) is 1.38. The van der Waals surface area contributed by atoms with E-state index in [1.165, 1.54) is 0 Å². The molecule has 0 aliphatic rings. The summed E-state index contributed by atoms with van der Waals surface area (Å²) >= 11 is 0. The Labute approximate surface area is 109 Å². The predicted octanol–water partition coefficient (Wildman–Crippen LogP) is 1.97. The highest BCUT2D eigenvalue weighted by Gasteiger charge is 2.18. The molecule has 1 amide bonds. The van der Waals surface area contributed by atoms with Crippen LogP contribution in [0.3, 0.4) is 0 Å². The number of hydrogen-bond acceptors (Lipinski definition) is 3. The number of aromatic nitrogens is 1. The summed E-state index contributed by atoms with van der Waals surface area (Å²) in [6, 6.07) is 3.98. The number of nitrogens with one attached hydrogen (secondary N) is 2. The molecule has 18 heavy (non-hydrogen) atoms. The number of aromatic amines is 1. The van der Waals surface area contributed by atoms with E-state index in [1.54, 1.807) is 11.9 Å². The molecule has 1 heterocycles. The van der Waals surface area contributed by atoms with Crippen LogP contribution in [0.25, 0.3) is 0 Å². The second-order valence-corrected chi connectivity index (χ2v) is 5.27. The molecule has 0 saturated heterocycles. The van der Waals surface area contributed by atoms with Gasteiger partial charge in [-0.2, -0.15) is 0 Å². The third-order valence-electron chi connectivity index (χ3n) is 2.31. The molecular formula is C13H23N3O2. The van der Waals surface area contributed by atoms with Crippen molar-refractivity contribution >= 4 is 6.09 Å². The van der Waals surface area contributed by atoms with Crippen LogP contribution in [0.2, 0.25) is 0 Å². The minimum absolute atomic E-state index is 0.288. The zero-order valence-corrected chi connectivity index (χ0v) is 11.6. The zero-order chi connectivity index (χ0) is 13.6. The summed E-state index contributed by atoms with van der Waals surface area (Å²) in [6.45, 7) is 7.71. The van der Waals surface area contributed by atoms with Gasteiger partial charge < -0.3 is 19.9 Å². The van der Waals surface area contributed by atoms with Gasteiger partial charge in [0.25, 0.3) is 0 Å². The number of amides is 1. The Morgan fingerprint density at radius 3 is 2.78 bits per heavy atom. The highest BCUT2D eigenvalue weighted by atomic mass is 16.6. The molecule has 1 rings (SSSR count). The number of nitrogens with zero attached hydrogens (tertiary/aromatic N) is 1. The molecule has 0 saturated carbocycles. The standard InChI is InChI=1S/C13H23N3O2/c1-13(2,3)18-12(17)16(4)9-8-14-10-11-6-5-7-15-11/h5-7,14-15H,8-10H2,1-4H3. The Morgan fingerprint density at radius 2 is 2.22 bits per heavy atom. The van der Waals surface area contributed by atoms with Crippen LogP contribution >= 0.6 is 0 Å². The molecule has 5 nitrogen and oxygen atoms in total. The van der Waals surface area contributed by atoms with Gasteiger partial charge in [0.15, 0.2) is 0 Å². The van der Waals surface area contributed by atoms with Gasteiger partial charge in [0.2, 0.25) is 0 Å². The van der Waals surface area contributed by atoms with E-state index in [1.807, 2.05) is 39.1 Å². The van der Waals surface area contributed by atoms with Crippen LogP contribution in [0.5, 0.6) is 0 Å². The van der Waals surface area contributed by atoms with Crippen molar-refractivity contribution in [3.05, 3.63) is 24.0 Å². The summed E-state index contributed by atoms with van der Waals surface area (Å²) in [5.41, 5.74) is 0.693. The Kier molecular flexibility index (Phi) is 5.22. The van der Waals surface area contributed by atoms with Gasteiger partial charge in [-0.05, 0) is 32.9 Å². The Morgan fingerprint density at radius 1 is 1.50 bits per heavy atom. The molecule has 0 spiro atoms. The molecule has 1 aromatic rings.